The molecule has 2 amide bonds. The lowest BCUT2D eigenvalue weighted by atomic mass is 9.75. The summed E-state index contributed by atoms with van der Waals surface area (Å²) in [7, 11) is 2.27. The van der Waals surface area contributed by atoms with E-state index in [0.717, 1.165) is 17.7 Å². The standard InChI is InChI=1S/C22H32N4OS/c1-5-25(6-2)22(27)23-26-18-12-8-10-16-15-11-9-13-24(4)19(15)14-17(20(16)18)21(26)28-7-3/h8,10,12,15,19H,5-7,9,11,13-14H2,1-4H3,(H,23,27)/t15-,19-/m1/s1. The Bertz CT molecular complexity index is 873. The second-order valence-corrected chi connectivity index (χ2v) is 9.14. The van der Waals surface area contributed by atoms with Crippen LogP contribution in [0.2, 0.25) is 0 Å². The second-order valence-electron chi connectivity index (χ2n) is 7.88. The zero-order valence-corrected chi connectivity index (χ0v) is 18.3. The number of hydrogen-bond acceptors (Lipinski definition) is 3. The minimum atomic E-state index is -0.0226. The van der Waals surface area contributed by atoms with Gasteiger partial charge in [-0.1, -0.05) is 19.1 Å². The van der Waals surface area contributed by atoms with E-state index in [1.54, 1.807) is 0 Å². The first kappa shape index (κ1) is 19.6. The number of thioether (sulfide) groups is 1. The summed E-state index contributed by atoms with van der Waals surface area (Å²) in [6.07, 6.45) is 3.60. The van der Waals surface area contributed by atoms with Gasteiger partial charge in [0.05, 0.1) is 5.52 Å². The van der Waals surface area contributed by atoms with Gasteiger partial charge in [-0.05, 0) is 69.6 Å². The molecule has 1 aliphatic carbocycles. The Morgan fingerprint density at radius 1 is 1.29 bits per heavy atom. The molecule has 0 radical (unpaired) electrons. The quantitative estimate of drug-likeness (QED) is 0.752. The molecule has 6 heteroatoms. The van der Waals surface area contributed by atoms with Crippen molar-refractivity contribution >= 4 is 28.7 Å². The van der Waals surface area contributed by atoms with Gasteiger partial charge in [-0.3, -0.25) is 0 Å². The van der Waals surface area contributed by atoms with Gasteiger partial charge in [-0.15, -0.1) is 11.8 Å². The molecule has 152 valence electrons. The molecular weight excluding hydrogens is 368 g/mol. The highest BCUT2D eigenvalue weighted by molar-refractivity contribution is 7.99. The summed E-state index contributed by atoms with van der Waals surface area (Å²) >= 11 is 1.84. The maximum atomic E-state index is 12.9. The highest BCUT2D eigenvalue weighted by atomic mass is 32.2. The fourth-order valence-corrected chi connectivity index (χ4v) is 6.00. The summed E-state index contributed by atoms with van der Waals surface area (Å²) in [5.74, 6) is 1.59. The van der Waals surface area contributed by atoms with E-state index in [0.29, 0.717) is 25.0 Å². The van der Waals surface area contributed by atoms with Gasteiger partial charge in [0.25, 0.3) is 0 Å². The van der Waals surface area contributed by atoms with Crippen LogP contribution >= 0.6 is 11.8 Å². The highest BCUT2D eigenvalue weighted by Gasteiger charge is 2.38. The third kappa shape index (κ3) is 3.11. The van der Waals surface area contributed by atoms with Gasteiger partial charge in [0.1, 0.15) is 5.03 Å². The van der Waals surface area contributed by atoms with Crippen LogP contribution in [0, 0.1) is 0 Å². The Morgan fingerprint density at radius 2 is 2.07 bits per heavy atom. The van der Waals surface area contributed by atoms with Gasteiger partial charge in [-0.25, -0.2) is 14.9 Å². The Morgan fingerprint density at radius 3 is 2.79 bits per heavy atom. The maximum absolute atomic E-state index is 12.9. The third-order valence-corrected chi connectivity index (χ3v) is 7.48. The fourth-order valence-electron chi connectivity index (χ4n) is 5.09. The van der Waals surface area contributed by atoms with E-state index in [2.05, 4.69) is 47.2 Å². The molecule has 0 bridgehead atoms. The van der Waals surface area contributed by atoms with Gasteiger partial charge < -0.3 is 9.80 Å². The van der Waals surface area contributed by atoms with E-state index in [9.17, 15) is 4.79 Å². The molecule has 2 aliphatic rings. The lowest BCUT2D eigenvalue weighted by Crippen LogP contribution is -2.44. The number of likely N-dealkylation sites (tertiary alicyclic amines) is 1. The van der Waals surface area contributed by atoms with Crippen LogP contribution in [0.15, 0.2) is 23.2 Å². The van der Waals surface area contributed by atoms with Crippen molar-refractivity contribution in [3.05, 3.63) is 29.3 Å². The number of nitrogens with zero attached hydrogens (tertiary/aromatic N) is 3. The number of hydrogen-bond donors (Lipinski definition) is 1. The number of likely N-dealkylation sites (N-methyl/N-ethyl adjacent to an activating group) is 1. The van der Waals surface area contributed by atoms with Crippen molar-refractivity contribution in [1.82, 2.24) is 14.5 Å². The lowest BCUT2D eigenvalue weighted by molar-refractivity contribution is 0.156. The topological polar surface area (TPSA) is 40.5 Å². The first-order valence-corrected chi connectivity index (χ1v) is 11.6. The lowest BCUT2D eigenvalue weighted by Gasteiger charge is -2.42. The molecule has 0 saturated carbocycles. The zero-order chi connectivity index (χ0) is 19.8. The van der Waals surface area contributed by atoms with Crippen LogP contribution in [0.25, 0.3) is 10.9 Å². The number of carbonyl (C=O) groups is 1. The van der Waals surface area contributed by atoms with Crippen molar-refractivity contribution in [3.63, 3.8) is 0 Å². The van der Waals surface area contributed by atoms with Crippen LogP contribution in [-0.2, 0) is 6.42 Å². The molecule has 2 aromatic rings. The number of amides is 2. The van der Waals surface area contributed by atoms with Crippen molar-refractivity contribution in [1.29, 1.82) is 0 Å². The molecule has 1 aromatic heterocycles. The van der Waals surface area contributed by atoms with E-state index in [-0.39, 0.29) is 6.03 Å². The first-order chi connectivity index (χ1) is 13.6. The summed E-state index contributed by atoms with van der Waals surface area (Å²) < 4.78 is 2.07. The van der Waals surface area contributed by atoms with Gasteiger partial charge >= 0.3 is 6.03 Å². The molecule has 0 unspecified atom stereocenters. The number of piperidine rings is 1. The molecule has 1 saturated heterocycles. The minimum absolute atomic E-state index is 0.0226. The summed E-state index contributed by atoms with van der Waals surface area (Å²) in [4.78, 5) is 17.2. The summed E-state index contributed by atoms with van der Waals surface area (Å²) in [5.41, 5.74) is 7.26. The molecular formula is C22H32N4OS. The monoisotopic (exact) mass is 400 g/mol. The predicted molar refractivity (Wildman–Crippen MR) is 118 cm³/mol. The maximum Gasteiger partial charge on any atom is 0.336 e. The minimum Gasteiger partial charge on any atom is -0.324 e. The van der Waals surface area contributed by atoms with E-state index in [4.69, 9.17) is 0 Å². The van der Waals surface area contributed by atoms with E-state index in [1.165, 1.54) is 40.9 Å². The highest BCUT2D eigenvalue weighted by Crippen LogP contribution is 2.46. The van der Waals surface area contributed by atoms with Crippen LogP contribution in [0.4, 0.5) is 4.79 Å². The molecule has 1 aliphatic heterocycles. The normalized spacial score (nSPS) is 21.6. The van der Waals surface area contributed by atoms with Crippen LogP contribution in [0.3, 0.4) is 0 Å². The van der Waals surface area contributed by atoms with E-state index < -0.39 is 0 Å². The van der Waals surface area contributed by atoms with E-state index >= 15 is 0 Å². The number of carbonyl (C=O) groups excluding carboxylic acids is 1. The first-order valence-electron chi connectivity index (χ1n) is 10.7. The Hall–Kier alpha value is -1.66. The van der Waals surface area contributed by atoms with Crippen LogP contribution < -0.4 is 5.43 Å². The third-order valence-electron chi connectivity index (χ3n) is 6.49. The SMILES string of the molecule is CCSc1c2c3c(cccc3n1NC(=O)N(CC)CC)[C@H]1CCCN(C)[C@@H]1C2. The van der Waals surface area contributed by atoms with Gasteiger partial charge in [0.15, 0.2) is 0 Å². The number of urea groups is 1. The molecule has 0 spiro atoms. The average Bonchev–Trinajstić information content (AvgIpc) is 2.98. The molecule has 2 heterocycles. The van der Waals surface area contributed by atoms with Crippen molar-refractivity contribution < 1.29 is 4.79 Å². The summed E-state index contributed by atoms with van der Waals surface area (Å²) in [6, 6.07) is 7.19. The number of benzene rings is 1. The van der Waals surface area contributed by atoms with Gasteiger partial charge in [0, 0.05) is 30.4 Å². The number of fused-ring (bicyclic) bond motifs is 2. The van der Waals surface area contributed by atoms with Gasteiger partial charge in [-0.2, -0.15) is 0 Å². The Balaban J connectivity index is 1.85. The van der Waals surface area contributed by atoms with Crippen LogP contribution in [0.1, 0.15) is 50.7 Å². The predicted octanol–water partition coefficient (Wildman–Crippen LogP) is 4.49. The number of aromatic nitrogens is 1. The van der Waals surface area contributed by atoms with Gasteiger partial charge in [0.2, 0.25) is 0 Å². The Labute approximate surface area is 172 Å². The van der Waals surface area contributed by atoms with Crippen LogP contribution in [0.5, 0.6) is 0 Å². The van der Waals surface area contributed by atoms with E-state index in [1.807, 2.05) is 30.5 Å². The van der Waals surface area contributed by atoms with Crippen LogP contribution in [-0.4, -0.2) is 59.0 Å². The molecule has 5 nitrogen and oxygen atoms in total. The number of rotatable bonds is 5. The Kier molecular flexibility index (Phi) is 5.61. The molecule has 1 aromatic carbocycles. The van der Waals surface area contributed by atoms with Crippen molar-refractivity contribution in [2.24, 2.45) is 0 Å². The molecule has 2 atom stereocenters. The summed E-state index contributed by atoms with van der Waals surface area (Å²) in [6.45, 7) is 8.84. The second kappa shape index (κ2) is 7.99. The average molecular weight is 401 g/mol. The fraction of sp³-hybridized carbons (Fsp3) is 0.591. The van der Waals surface area contributed by atoms with Crippen molar-refractivity contribution in [3.8, 4) is 0 Å². The largest absolute Gasteiger partial charge is 0.336 e. The number of nitrogens with one attached hydrogen (secondary N) is 1. The molecule has 1 fully saturated rings. The molecule has 4 rings (SSSR count). The van der Waals surface area contributed by atoms with Crippen molar-refractivity contribution in [2.45, 2.75) is 57.0 Å². The molecule has 1 N–H and O–H groups in total. The zero-order valence-electron chi connectivity index (χ0n) is 17.5. The smallest absolute Gasteiger partial charge is 0.324 e. The van der Waals surface area contributed by atoms with Crippen molar-refractivity contribution in [2.75, 3.05) is 37.9 Å². The summed E-state index contributed by atoms with van der Waals surface area (Å²) in [5, 5.41) is 2.60. The molecule has 28 heavy (non-hydrogen) atoms.